The number of carboxylic acid groups (broad SMARTS) is 1. The molecule has 0 spiro atoms. The van der Waals surface area contributed by atoms with E-state index in [-0.39, 0.29) is 10.6 Å². The summed E-state index contributed by atoms with van der Waals surface area (Å²) in [4.78, 5) is 17.4. The highest BCUT2D eigenvalue weighted by Gasteiger charge is 2.40. The van der Waals surface area contributed by atoms with Gasteiger partial charge in [-0.2, -0.15) is 26.3 Å². The fourth-order valence-corrected chi connectivity index (χ4v) is 2.03. The van der Waals surface area contributed by atoms with E-state index in [1.807, 2.05) is 0 Å². The van der Waals surface area contributed by atoms with E-state index in [1.165, 1.54) is 18.2 Å². The number of rotatable bonds is 4. The number of alkyl halides is 6. The highest BCUT2D eigenvalue weighted by atomic mass is 35.5. The van der Waals surface area contributed by atoms with Gasteiger partial charge in [-0.05, 0) is 12.1 Å². The van der Waals surface area contributed by atoms with Crippen LogP contribution in [0.5, 0.6) is 5.88 Å². The highest BCUT2D eigenvalue weighted by molar-refractivity contribution is 6.30. The van der Waals surface area contributed by atoms with Crippen molar-refractivity contribution in [3.8, 4) is 17.1 Å². The maximum atomic E-state index is 13.0. The summed E-state index contributed by atoms with van der Waals surface area (Å²) in [5.74, 6) is -3.18. The summed E-state index contributed by atoms with van der Waals surface area (Å²) in [7, 11) is 0. The van der Waals surface area contributed by atoms with Crippen LogP contribution in [0.4, 0.5) is 26.3 Å². The number of halogens is 7. The van der Waals surface area contributed by atoms with Crippen molar-refractivity contribution in [2.75, 3.05) is 6.61 Å². The van der Waals surface area contributed by atoms with E-state index in [2.05, 4.69) is 14.7 Å². The van der Waals surface area contributed by atoms with Crippen LogP contribution in [0, 0.1) is 0 Å². The lowest BCUT2D eigenvalue weighted by atomic mass is 10.1. The SMILES string of the molecule is O=C(O)c1nc(-c2cccc(Cl)c2)c(OCC(F)(F)F)nc1C(F)(F)F. The number of carbonyl (C=O) groups is 1. The zero-order valence-corrected chi connectivity index (χ0v) is 13.1. The number of nitrogens with zero attached hydrogens (tertiary/aromatic N) is 2. The van der Waals surface area contributed by atoms with Gasteiger partial charge < -0.3 is 9.84 Å². The second-order valence-corrected chi connectivity index (χ2v) is 5.23. The van der Waals surface area contributed by atoms with Gasteiger partial charge in [0, 0.05) is 10.6 Å². The largest absolute Gasteiger partial charge is 0.476 e. The van der Waals surface area contributed by atoms with E-state index in [0.29, 0.717) is 0 Å². The van der Waals surface area contributed by atoms with Gasteiger partial charge >= 0.3 is 18.3 Å². The molecular formula is C14H7ClF6N2O3. The van der Waals surface area contributed by atoms with E-state index in [4.69, 9.17) is 16.7 Å². The summed E-state index contributed by atoms with van der Waals surface area (Å²) < 4.78 is 80.4. The van der Waals surface area contributed by atoms with Crippen molar-refractivity contribution in [3.63, 3.8) is 0 Å². The summed E-state index contributed by atoms with van der Waals surface area (Å²) in [5, 5.41) is 9.04. The third-order valence-electron chi connectivity index (χ3n) is 2.81. The number of carboxylic acids is 1. The summed E-state index contributed by atoms with van der Waals surface area (Å²) in [6.45, 7) is -1.95. The highest BCUT2D eigenvalue weighted by Crippen LogP contribution is 2.36. The van der Waals surface area contributed by atoms with E-state index in [0.717, 1.165) is 6.07 Å². The minimum Gasteiger partial charge on any atom is -0.476 e. The first kappa shape index (κ1) is 19.8. The Hall–Kier alpha value is -2.56. The molecule has 140 valence electrons. The molecule has 1 heterocycles. The van der Waals surface area contributed by atoms with Crippen LogP contribution in [0.1, 0.15) is 16.2 Å². The lowest BCUT2D eigenvalue weighted by Crippen LogP contribution is -2.23. The van der Waals surface area contributed by atoms with Crippen LogP contribution in [0.25, 0.3) is 11.3 Å². The van der Waals surface area contributed by atoms with Crippen molar-refractivity contribution in [2.24, 2.45) is 0 Å². The number of hydrogen-bond acceptors (Lipinski definition) is 4. The number of aromatic carboxylic acids is 1. The van der Waals surface area contributed by atoms with Gasteiger partial charge in [-0.1, -0.05) is 23.7 Å². The zero-order chi connectivity index (χ0) is 19.7. The summed E-state index contributed by atoms with van der Waals surface area (Å²) in [5.41, 5.74) is -4.15. The first-order chi connectivity index (χ1) is 11.9. The Morgan fingerprint density at radius 1 is 1.15 bits per heavy atom. The van der Waals surface area contributed by atoms with E-state index >= 15 is 0 Å². The predicted octanol–water partition coefficient (Wildman–Crippen LogP) is 4.46. The molecule has 5 nitrogen and oxygen atoms in total. The van der Waals surface area contributed by atoms with Gasteiger partial charge in [0.2, 0.25) is 5.88 Å². The normalized spacial score (nSPS) is 12.1. The van der Waals surface area contributed by atoms with Gasteiger partial charge in [-0.25, -0.2) is 14.8 Å². The molecular weight excluding hydrogens is 394 g/mol. The Bertz CT molecular complexity index is 838. The molecule has 1 aromatic heterocycles. The molecule has 0 unspecified atom stereocenters. The van der Waals surface area contributed by atoms with Crippen LogP contribution in [-0.4, -0.2) is 33.8 Å². The van der Waals surface area contributed by atoms with Crippen LogP contribution in [0.15, 0.2) is 24.3 Å². The first-order valence-corrected chi connectivity index (χ1v) is 6.94. The monoisotopic (exact) mass is 400 g/mol. The number of benzene rings is 1. The summed E-state index contributed by atoms with van der Waals surface area (Å²) in [6, 6.07) is 5.13. The maximum absolute atomic E-state index is 13.0. The third-order valence-corrected chi connectivity index (χ3v) is 3.04. The molecule has 0 saturated heterocycles. The molecule has 2 rings (SSSR count). The minimum atomic E-state index is -5.27. The van der Waals surface area contributed by atoms with Crippen LogP contribution in [0.3, 0.4) is 0 Å². The molecule has 0 aliphatic heterocycles. The summed E-state index contributed by atoms with van der Waals surface area (Å²) in [6.07, 6.45) is -10.1. The van der Waals surface area contributed by atoms with Gasteiger partial charge in [0.1, 0.15) is 5.69 Å². The van der Waals surface area contributed by atoms with E-state index < -0.39 is 47.9 Å². The third kappa shape index (κ3) is 4.75. The van der Waals surface area contributed by atoms with Crippen molar-refractivity contribution in [1.82, 2.24) is 9.97 Å². The maximum Gasteiger partial charge on any atom is 0.435 e. The fourth-order valence-electron chi connectivity index (χ4n) is 1.84. The molecule has 1 aromatic carbocycles. The molecule has 1 N–H and O–H groups in total. The Balaban J connectivity index is 2.70. The standard InChI is InChI=1S/C14H7ClF6N2O3/c15-7-3-1-2-6(4-7)8-11(26-5-13(16,17)18)23-10(14(19,20)21)9(22-8)12(24)25/h1-4H,5H2,(H,24,25). The smallest absolute Gasteiger partial charge is 0.435 e. The second kappa shape index (κ2) is 6.98. The molecule has 0 aliphatic rings. The molecule has 2 aromatic rings. The fraction of sp³-hybridized carbons (Fsp3) is 0.214. The van der Waals surface area contributed by atoms with Crippen molar-refractivity contribution < 1.29 is 41.0 Å². The molecule has 12 heteroatoms. The quantitative estimate of drug-likeness (QED) is 0.767. The average molecular weight is 401 g/mol. The van der Waals surface area contributed by atoms with Gasteiger partial charge in [0.15, 0.2) is 18.0 Å². The van der Waals surface area contributed by atoms with E-state index in [9.17, 15) is 31.1 Å². The molecule has 0 aliphatic carbocycles. The number of hydrogen-bond donors (Lipinski definition) is 1. The molecule has 0 atom stereocenters. The Kier molecular flexibility index (Phi) is 5.31. The molecule has 0 saturated carbocycles. The van der Waals surface area contributed by atoms with Gasteiger partial charge in [0.25, 0.3) is 0 Å². The number of ether oxygens (including phenoxy) is 1. The molecule has 0 radical (unpaired) electrons. The topological polar surface area (TPSA) is 72.3 Å². The van der Waals surface area contributed by atoms with Gasteiger partial charge in [-0.15, -0.1) is 0 Å². The molecule has 0 amide bonds. The Morgan fingerprint density at radius 3 is 2.31 bits per heavy atom. The Morgan fingerprint density at radius 2 is 1.81 bits per heavy atom. The van der Waals surface area contributed by atoms with Crippen LogP contribution < -0.4 is 4.74 Å². The predicted molar refractivity (Wildman–Crippen MR) is 76.0 cm³/mol. The number of aromatic nitrogens is 2. The molecule has 26 heavy (non-hydrogen) atoms. The lowest BCUT2D eigenvalue weighted by molar-refractivity contribution is -0.154. The van der Waals surface area contributed by atoms with Crippen molar-refractivity contribution in [1.29, 1.82) is 0 Å². The molecule has 0 bridgehead atoms. The lowest BCUT2D eigenvalue weighted by Gasteiger charge is -2.16. The van der Waals surface area contributed by atoms with Gasteiger partial charge in [0.05, 0.1) is 0 Å². The first-order valence-electron chi connectivity index (χ1n) is 6.56. The van der Waals surface area contributed by atoms with Gasteiger partial charge in [-0.3, -0.25) is 0 Å². The van der Waals surface area contributed by atoms with Crippen molar-refractivity contribution in [2.45, 2.75) is 12.4 Å². The summed E-state index contributed by atoms with van der Waals surface area (Å²) >= 11 is 5.74. The zero-order valence-electron chi connectivity index (χ0n) is 12.3. The average Bonchev–Trinajstić information content (AvgIpc) is 2.50. The van der Waals surface area contributed by atoms with Crippen LogP contribution in [-0.2, 0) is 6.18 Å². The van der Waals surface area contributed by atoms with Crippen molar-refractivity contribution in [3.05, 3.63) is 40.7 Å². The van der Waals surface area contributed by atoms with Crippen LogP contribution in [0.2, 0.25) is 5.02 Å². The Labute approximate surface area is 146 Å². The molecule has 0 fully saturated rings. The van der Waals surface area contributed by atoms with Crippen molar-refractivity contribution >= 4 is 17.6 Å². The van der Waals surface area contributed by atoms with Crippen LogP contribution >= 0.6 is 11.6 Å². The second-order valence-electron chi connectivity index (χ2n) is 4.79. The minimum absolute atomic E-state index is 0.0709. The van der Waals surface area contributed by atoms with E-state index in [1.54, 1.807) is 0 Å².